The second-order valence-corrected chi connectivity index (χ2v) is 7.51. The van der Waals surface area contributed by atoms with E-state index in [1.165, 1.54) is 6.92 Å². The molecule has 2 rings (SSSR count). The van der Waals surface area contributed by atoms with Crippen LogP contribution in [0, 0.1) is 0 Å². The summed E-state index contributed by atoms with van der Waals surface area (Å²) in [5, 5.41) is 2.70. The Morgan fingerprint density at radius 3 is 2.25 bits per heavy atom. The van der Waals surface area contributed by atoms with Gasteiger partial charge in [-0.3, -0.25) is 14.4 Å². The van der Waals surface area contributed by atoms with E-state index in [1.807, 2.05) is 13.8 Å². The van der Waals surface area contributed by atoms with Crippen molar-refractivity contribution in [1.29, 1.82) is 0 Å². The number of ether oxygens (including phenoxy) is 5. The van der Waals surface area contributed by atoms with Crippen LogP contribution >= 0.6 is 0 Å². The fourth-order valence-corrected chi connectivity index (χ4v) is 3.26. The first-order valence-corrected chi connectivity index (χ1v) is 9.80. The van der Waals surface area contributed by atoms with Gasteiger partial charge >= 0.3 is 11.9 Å². The zero-order chi connectivity index (χ0) is 20.9. The molecule has 0 aromatic carbocycles. The molecule has 0 bridgehead atoms. The van der Waals surface area contributed by atoms with Gasteiger partial charge in [-0.05, 0) is 26.7 Å². The van der Waals surface area contributed by atoms with E-state index in [1.54, 1.807) is 13.8 Å². The lowest BCUT2D eigenvalue weighted by molar-refractivity contribution is -0.365. The van der Waals surface area contributed by atoms with Gasteiger partial charge in [-0.25, -0.2) is 0 Å². The molecule has 2 aliphatic heterocycles. The van der Waals surface area contributed by atoms with Gasteiger partial charge in [-0.2, -0.15) is 0 Å². The molecule has 0 spiro atoms. The maximum Gasteiger partial charge on any atom is 0.308 e. The van der Waals surface area contributed by atoms with Gasteiger partial charge in [0.1, 0.15) is 18.2 Å². The molecular weight excluding hydrogens is 370 g/mol. The van der Waals surface area contributed by atoms with E-state index < -0.39 is 48.4 Å². The molecule has 9 nitrogen and oxygen atoms in total. The molecule has 1 unspecified atom stereocenters. The molecule has 5 atom stereocenters. The van der Waals surface area contributed by atoms with E-state index in [4.69, 9.17) is 23.7 Å². The summed E-state index contributed by atoms with van der Waals surface area (Å²) in [7, 11) is 0. The van der Waals surface area contributed by atoms with E-state index in [0.717, 1.165) is 0 Å². The van der Waals surface area contributed by atoms with Crippen LogP contribution < -0.4 is 5.32 Å². The molecule has 28 heavy (non-hydrogen) atoms. The van der Waals surface area contributed by atoms with E-state index >= 15 is 0 Å². The largest absolute Gasteiger partial charge is 0.457 e. The van der Waals surface area contributed by atoms with Crippen molar-refractivity contribution in [2.75, 3.05) is 6.61 Å². The van der Waals surface area contributed by atoms with Crippen molar-refractivity contribution in [2.24, 2.45) is 0 Å². The van der Waals surface area contributed by atoms with Crippen molar-refractivity contribution in [3.63, 3.8) is 0 Å². The normalized spacial score (nSPS) is 31.4. The van der Waals surface area contributed by atoms with Crippen LogP contribution in [0.5, 0.6) is 0 Å². The monoisotopic (exact) mass is 401 g/mol. The Labute approximate surface area is 165 Å². The molecule has 1 amide bonds. The summed E-state index contributed by atoms with van der Waals surface area (Å²) < 4.78 is 28.6. The van der Waals surface area contributed by atoms with E-state index in [0.29, 0.717) is 12.8 Å². The number of nitrogens with one attached hydrogen (secondary N) is 1. The number of carbonyl (C=O) groups is 3. The van der Waals surface area contributed by atoms with Crippen LogP contribution in [0.3, 0.4) is 0 Å². The Morgan fingerprint density at radius 2 is 1.68 bits per heavy atom. The van der Waals surface area contributed by atoms with Gasteiger partial charge in [-0.1, -0.05) is 13.8 Å². The molecule has 1 N–H and O–H groups in total. The van der Waals surface area contributed by atoms with Gasteiger partial charge in [-0.15, -0.1) is 0 Å². The maximum atomic E-state index is 12.2. The standard InChI is InChI=1S/C19H31NO8/c1-6-8-13(22)26-17-15(20-11(3)21)18(27-14(23)9-7-2)25-12-10-24-19(4,5)28-16(12)17/h12,15-18H,6-10H2,1-5H3,(H,20,21)/t12-,15+,16-,17-,18?/m1/s1. The Hall–Kier alpha value is -1.71. The third kappa shape index (κ3) is 5.89. The van der Waals surface area contributed by atoms with Gasteiger partial charge in [0.25, 0.3) is 0 Å². The number of fused-ring (bicyclic) bond motifs is 1. The van der Waals surface area contributed by atoms with Crippen molar-refractivity contribution in [1.82, 2.24) is 5.32 Å². The summed E-state index contributed by atoms with van der Waals surface area (Å²) >= 11 is 0. The van der Waals surface area contributed by atoms with Crippen LogP contribution in [0.4, 0.5) is 0 Å². The predicted octanol–water partition coefficient (Wildman–Crippen LogP) is 1.42. The summed E-state index contributed by atoms with van der Waals surface area (Å²) in [6.07, 6.45) is -1.63. The molecule has 0 aromatic heterocycles. The minimum absolute atomic E-state index is 0.175. The Kier molecular flexibility index (Phi) is 7.79. The molecular formula is C19H31NO8. The van der Waals surface area contributed by atoms with E-state index in [2.05, 4.69) is 5.32 Å². The fraction of sp³-hybridized carbons (Fsp3) is 0.842. The minimum Gasteiger partial charge on any atom is -0.457 e. The highest BCUT2D eigenvalue weighted by Crippen LogP contribution is 2.34. The summed E-state index contributed by atoms with van der Waals surface area (Å²) in [4.78, 5) is 36.1. The van der Waals surface area contributed by atoms with Crippen LogP contribution in [-0.4, -0.2) is 60.9 Å². The molecule has 0 saturated carbocycles. The molecule has 0 aliphatic carbocycles. The fourth-order valence-electron chi connectivity index (χ4n) is 3.26. The van der Waals surface area contributed by atoms with Crippen molar-refractivity contribution in [2.45, 2.75) is 96.7 Å². The van der Waals surface area contributed by atoms with E-state index in [-0.39, 0.29) is 25.4 Å². The molecule has 0 aromatic rings. The van der Waals surface area contributed by atoms with Gasteiger partial charge in [0.05, 0.1) is 6.61 Å². The zero-order valence-electron chi connectivity index (χ0n) is 17.2. The van der Waals surface area contributed by atoms with Crippen LogP contribution in [0.1, 0.15) is 60.3 Å². The average molecular weight is 401 g/mol. The average Bonchev–Trinajstić information content (AvgIpc) is 2.58. The number of hydrogen-bond acceptors (Lipinski definition) is 8. The maximum absolute atomic E-state index is 12.2. The van der Waals surface area contributed by atoms with Gasteiger partial charge in [0.2, 0.25) is 12.2 Å². The zero-order valence-corrected chi connectivity index (χ0v) is 17.2. The quantitative estimate of drug-likeness (QED) is 0.638. The molecule has 160 valence electrons. The smallest absolute Gasteiger partial charge is 0.308 e. The van der Waals surface area contributed by atoms with Gasteiger partial charge < -0.3 is 29.0 Å². The number of rotatable bonds is 7. The third-order valence-electron chi connectivity index (χ3n) is 4.45. The van der Waals surface area contributed by atoms with Crippen LogP contribution in [0.2, 0.25) is 0 Å². The van der Waals surface area contributed by atoms with Crippen molar-refractivity contribution < 1.29 is 38.1 Å². The van der Waals surface area contributed by atoms with Gasteiger partial charge in [0.15, 0.2) is 11.9 Å². The highest BCUT2D eigenvalue weighted by molar-refractivity contribution is 5.74. The highest BCUT2D eigenvalue weighted by Gasteiger charge is 2.54. The number of hydrogen-bond donors (Lipinski definition) is 1. The van der Waals surface area contributed by atoms with E-state index in [9.17, 15) is 14.4 Å². The van der Waals surface area contributed by atoms with Crippen LogP contribution in [0.15, 0.2) is 0 Å². The first-order chi connectivity index (χ1) is 13.2. The lowest BCUT2D eigenvalue weighted by atomic mass is 9.95. The second-order valence-electron chi connectivity index (χ2n) is 7.51. The first kappa shape index (κ1) is 22.6. The Morgan fingerprint density at radius 1 is 1.07 bits per heavy atom. The number of amides is 1. The summed E-state index contributed by atoms with van der Waals surface area (Å²) in [5.74, 6) is -2.16. The number of carbonyl (C=O) groups excluding carboxylic acids is 3. The van der Waals surface area contributed by atoms with Crippen LogP contribution in [-0.2, 0) is 38.1 Å². The highest BCUT2D eigenvalue weighted by atomic mass is 16.8. The lowest BCUT2D eigenvalue weighted by Crippen LogP contribution is -2.69. The van der Waals surface area contributed by atoms with Crippen molar-refractivity contribution in [3.05, 3.63) is 0 Å². The molecule has 0 radical (unpaired) electrons. The lowest BCUT2D eigenvalue weighted by Gasteiger charge is -2.50. The molecule has 2 heterocycles. The third-order valence-corrected chi connectivity index (χ3v) is 4.45. The second kappa shape index (κ2) is 9.67. The van der Waals surface area contributed by atoms with Gasteiger partial charge in [0, 0.05) is 19.8 Å². The predicted molar refractivity (Wildman–Crippen MR) is 97.0 cm³/mol. The Bertz CT molecular complexity index is 578. The molecule has 2 aliphatic rings. The molecule has 2 saturated heterocycles. The first-order valence-electron chi connectivity index (χ1n) is 9.80. The summed E-state index contributed by atoms with van der Waals surface area (Å²) in [6.45, 7) is 8.71. The summed E-state index contributed by atoms with van der Waals surface area (Å²) in [5.41, 5.74) is 0. The van der Waals surface area contributed by atoms with Crippen molar-refractivity contribution >= 4 is 17.8 Å². The summed E-state index contributed by atoms with van der Waals surface area (Å²) in [6, 6.07) is -0.894. The van der Waals surface area contributed by atoms with Crippen molar-refractivity contribution in [3.8, 4) is 0 Å². The van der Waals surface area contributed by atoms with Crippen LogP contribution in [0.25, 0.3) is 0 Å². The minimum atomic E-state index is -1.11. The Balaban J connectivity index is 2.31. The topological polar surface area (TPSA) is 109 Å². The SMILES string of the molecule is CCCC(=O)OC1O[C@@H]2COC(C)(C)O[C@H]2[C@H](OC(=O)CCC)[C@@H]1NC(C)=O. The molecule has 9 heteroatoms. The number of esters is 2. The molecule has 2 fully saturated rings.